The molecule has 2 aliphatic heterocycles. The zero-order chi connectivity index (χ0) is 9.10. The van der Waals surface area contributed by atoms with E-state index in [1.165, 1.54) is 51.9 Å². The van der Waals surface area contributed by atoms with Crippen LogP contribution >= 0.6 is 0 Å². The second-order valence-electron chi connectivity index (χ2n) is 4.74. The number of hydrogen-bond donors (Lipinski definition) is 1. The molecule has 76 valence electrons. The molecule has 2 heterocycles. The van der Waals surface area contributed by atoms with Gasteiger partial charge in [-0.3, -0.25) is 4.90 Å². The summed E-state index contributed by atoms with van der Waals surface area (Å²) in [5, 5.41) is 3.51. The molecule has 2 nitrogen and oxygen atoms in total. The van der Waals surface area contributed by atoms with Crippen molar-refractivity contribution in [2.24, 2.45) is 5.92 Å². The fraction of sp³-hybridized carbons (Fsp3) is 1.00. The van der Waals surface area contributed by atoms with Crippen molar-refractivity contribution in [3.05, 3.63) is 0 Å². The van der Waals surface area contributed by atoms with E-state index in [1.807, 2.05) is 0 Å². The molecule has 0 aromatic rings. The average molecular weight is 182 g/mol. The molecule has 2 atom stereocenters. The molecule has 0 spiro atoms. The van der Waals surface area contributed by atoms with Gasteiger partial charge in [0.1, 0.15) is 0 Å². The molecule has 0 saturated carbocycles. The minimum Gasteiger partial charge on any atom is -0.315 e. The quantitative estimate of drug-likeness (QED) is 0.660. The van der Waals surface area contributed by atoms with Gasteiger partial charge in [-0.25, -0.2) is 0 Å². The van der Waals surface area contributed by atoms with Crippen LogP contribution in [0.2, 0.25) is 0 Å². The van der Waals surface area contributed by atoms with Crippen LogP contribution in [0.15, 0.2) is 0 Å². The summed E-state index contributed by atoms with van der Waals surface area (Å²) in [4.78, 5) is 2.71. The zero-order valence-corrected chi connectivity index (χ0v) is 8.76. The Hall–Kier alpha value is -0.0800. The molecule has 0 aromatic carbocycles. The summed E-state index contributed by atoms with van der Waals surface area (Å²) >= 11 is 0. The highest BCUT2D eigenvalue weighted by molar-refractivity contribution is 4.81. The Balaban J connectivity index is 1.83. The van der Waals surface area contributed by atoms with Gasteiger partial charge in [0.15, 0.2) is 0 Å². The summed E-state index contributed by atoms with van der Waals surface area (Å²) in [5.41, 5.74) is 0. The summed E-state index contributed by atoms with van der Waals surface area (Å²) in [6, 6.07) is 0.844. The number of nitrogens with zero attached hydrogens (tertiary/aromatic N) is 1. The first-order valence-corrected chi connectivity index (χ1v) is 5.81. The number of likely N-dealkylation sites (tertiary alicyclic amines) is 1. The van der Waals surface area contributed by atoms with Crippen molar-refractivity contribution < 1.29 is 0 Å². The van der Waals surface area contributed by atoms with Gasteiger partial charge in [0.25, 0.3) is 0 Å². The maximum atomic E-state index is 3.51. The van der Waals surface area contributed by atoms with E-state index in [9.17, 15) is 0 Å². The highest BCUT2D eigenvalue weighted by Crippen LogP contribution is 2.20. The van der Waals surface area contributed by atoms with Crippen LogP contribution in [-0.2, 0) is 0 Å². The van der Waals surface area contributed by atoms with Crippen molar-refractivity contribution in [1.29, 1.82) is 0 Å². The van der Waals surface area contributed by atoms with E-state index in [-0.39, 0.29) is 0 Å². The summed E-state index contributed by atoms with van der Waals surface area (Å²) < 4.78 is 0. The molecule has 1 N–H and O–H groups in total. The lowest BCUT2D eigenvalue weighted by molar-refractivity contribution is 0.111. The van der Waals surface area contributed by atoms with Gasteiger partial charge in [-0.15, -0.1) is 0 Å². The molecule has 2 saturated heterocycles. The Bertz CT molecular complexity index is 152. The summed E-state index contributed by atoms with van der Waals surface area (Å²) in [6.45, 7) is 7.54. The van der Waals surface area contributed by atoms with Crippen LogP contribution in [0.3, 0.4) is 0 Å². The monoisotopic (exact) mass is 182 g/mol. The molecule has 1 unspecified atom stereocenters. The second-order valence-corrected chi connectivity index (χ2v) is 4.74. The van der Waals surface area contributed by atoms with Crippen molar-refractivity contribution in [2.75, 3.05) is 26.2 Å². The Morgan fingerprint density at radius 1 is 1.23 bits per heavy atom. The van der Waals surface area contributed by atoms with Gasteiger partial charge in [-0.1, -0.05) is 6.92 Å². The van der Waals surface area contributed by atoms with E-state index in [1.54, 1.807) is 0 Å². The molecular formula is C11H22N2. The van der Waals surface area contributed by atoms with Gasteiger partial charge in [0, 0.05) is 19.1 Å². The standard InChI is InChI=1S/C11H22N2/c1-10-4-3-7-13(9-10)11-5-2-6-12-8-11/h10-12H,2-9H2,1H3/t10-,11?/m0/s1. The molecule has 0 amide bonds. The average Bonchev–Trinajstić information content (AvgIpc) is 2.19. The maximum Gasteiger partial charge on any atom is 0.0221 e. The van der Waals surface area contributed by atoms with Gasteiger partial charge in [-0.2, -0.15) is 0 Å². The van der Waals surface area contributed by atoms with E-state index in [0.717, 1.165) is 12.0 Å². The van der Waals surface area contributed by atoms with Gasteiger partial charge >= 0.3 is 0 Å². The van der Waals surface area contributed by atoms with Crippen LogP contribution < -0.4 is 5.32 Å². The third-order valence-corrected chi connectivity index (χ3v) is 3.48. The van der Waals surface area contributed by atoms with Crippen molar-refractivity contribution in [3.63, 3.8) is 0 Å². The van der Waals surface area contributed by atoms with Crippen molar-refractivity contribution >= 4 is 0 Å². The van der Waals surface area contributed by atoms with Crippen LogP contribution in [0, 0.1) is 5.92 Å². The Labute approximate surface area is 81.7 Å². The van der Waals surface area contributed by atoms with Gasteiger partial charge in [0.05, 0.1) is 0 Å². The molecule has 2 aliphatic rings. The normalized spacial score (nSPS) is 37.6. The molecule has 0 radical (unpaired) electrons. The fourth-order valence-electron chi connectivity index (χ4n) is 2.70. The fourth-order valence-corrected chi connectivity index (χ4v) is 2.70. The molecule has 2 fully saturated rings. The minimum absolute atomic E-state index is 0.844. The highest BCUT2D eigenvalue weighted by atomic mass is 15.2. The Kier molecular flexibility index (Phi) is 3.23. The molecule has 13 heavy (non-hydrogen) atoms. The predicted octanol–water partition coefficient (Wildman–Crippen LogP) is 1.47. The largest absolute Gasteiger partial charge is 0.315 e. The van der Waals surface area contributed by atoms with Crippen LogP contribution in [0.4, 0.5) is 0 Å². The molecule has 0 aliphatic carbocycles. The number of hydrogen-bond acceptors (Lipinski definition) is 2. The number of rotatable bonds is 1. The predicted molar refractivity (Wildman–Crippen MR) is 55.9 cm³/mol. The van der Waals surface area contributed by atoms with Crippen LogP contribution in [0.5, 0.6) is 0 Å². The van der Waals surface area contributed by atoms with Gasteiger partial charge < -0.3 is 5.32 Å². The molecule has 2 heteroatoms. The van der Waals surface area contributed by atoms with Gasteiger partial charge in [0.2, 0.25) is 0 Å². The topological polar surface area (TPSA) is 15.3 Å². The second kappa shape index (κ2) is 4.43. The smallest absolute Gasteiger partial charge is 0.0221 e. The van der Waals surface area contributed by atoms with E-state index in [0.29, 0.717) is 0 Å². The van der Waals surface area contributed by atoms with Gasteiger partial charge in [-0.05, 0) is 44.7 Å². The molecule has 2 rings (SSSR count). The van der Waals surface area contributed by atoms with Crippen molar-refractivity contribution in [2.45, 2.75) is 38.6 Å². The third kappa shape index (κ3) is 2.44. The maximum absolute atomic E-state index is 3.51. The summed E-state index contributed by atoms with van der Waals surface area (Å²) in [7, 11) is 0. The van der Waals surface area contributed by atoms with Crippen molar-refractivity contribution in [3.8, 4) is 0 Å². The highest BCUT2D eigenvalue weighted by Gasteiger charge is 2.24. The van der Waals surface area contributed by atoms with Crippen LogP contribution in [0.25, 0.3) is 0 Å². The van der Waals surface area contributed by atoms with E-state index < -0.39 is 0 Å². The van der Waals surface area contributed by atoms with Crippen LogP contribution in [-0.4, -0.2) is 37.1 Å². The molecular weight excluding hydrogens is 160 g/mol. The summed E-state index contributed by atoms with van der Waals surface area (Å²) in [6.07, 6.45) is 5.64. The Morgan fingerprint density at radius 2 is 2.15 bits per heavy atom. The summed E-state index contributed by atoms with van der Waals surface area (Å²) in [5.74, 6) is 0.927. The first kappa shape index (κ1) is 9.47. The number of piperidine rings is 2. The number of nitrogens with one attached hydrogen (secondary N) is 1. The lowest BCUT2D eigenvalue weighted by atomic mass is 9.96. The van der Waals surface area contributed by atoms with E-state index in [2.05, 4.69) is 17.1 Å². The van der Waals surface area contributed by atoms with E-state index >= 15 is 0 Å². The lowest BCUT2D eigenvalue weighted by Crippen LogP contribution is -2.49. The van der Waals surface area contributed by atoms with Crippen molar-refractivity contribution in [1.82, 2.24) is 10.2 Å². The van der Waals surface area contributed by atoms with Crippen LogP contribution in [0.1, 0.15) is 32.6 Å². The molecule has 0 bridgehead atoms. The third-order valence-electron chi connectivity index (χ3n) is 3.48. The Morgan fingerprint density at radius 3 is 2.85 bits per heavy atom. The minimum atomic E-state index is 0.844. The lowest BCUT2D eigenvalue weighted by Gasteiger charge is -2.39. The van der Waals surface area contributed by atoms with E-state index in [4.69, 9.17) is 0 Å². The first-order valence-electron chi connectivity index (χ1n) is 5.81. The zero-order valence-electron chi connectivity index (χ0n) is 8.76. The molecule has 0 aromatic heterocycles. The SMILES string of the molecule is C[C@H]1CCCN(C2CCCNC2)C1. The first-order chi connectivity index (χ1) is 6.36.